The smallest absolute Gasteiger partial charge is 0.137 e. The predicted molar refractivity (Wildman–Crippen MR) is 105 cm³/mol. The molecule has 4 heteroatoms. The van der Waals surface area contributed by atoms with Crippen LogP contribution in [0.4, 0.5) is 5.82 Å². The second-order valence-electron chi connectivity index (χ2n) is 6.26. The maximum absolute atomic E-state index is 4.45. The SMILES string of the molecule is CSc1ccccc1-c1ccc2ncnc(NCCC(C)C)c2c1. The van der Waals surface area contributed by atoms with Crippen molar-refractivity contribution in [2.24, 2.45) is 5.92 Å². The lowest BCUT2D eigenvalue weighted by Crippen LogP contribution is -2.06. The number of thioether (sulfide) groups is 1. The number of hydrogen-bond donors (Lipinski definition) is 1. The zero-order valence-corrected chi connectivity index (χ0v) is 15.2. The van der Waals surface area contributed by atoms with Gasteiger partial charge in [0.1, 0.15) is 12.1 Å². The number of anilines is 1. The molecule has 124 valence electrons. The topological polar surface area (TPSA) is 37.8 Å². The van der Waals surface area contributed by atoms with Gasteiger partial charge in [-0.3, -0.25) is 0 Å². The van der Waals surface area contributed by atoms with E-state index in [-0.39, 0.29) is 0 Å². The number of benzene rings is 2. The lowest BCUT2D eigenvalue weighted by Gasteiger charge is -2.12. The fraction of sp³-hybridized carbons (Fsp3) is 0.300. The molecular formula is C20H23N3S. The van der Waals surface area contributed by atoms with Crippen LogP contribution in [0.25, 0.3) is 22.0 Å². The van der Waals surface area contributed by atoms with E-state index in [0.717, 1.165) is 29.7 Å². The summed E-state index contributed by atoms with van der Waals surface area (Å²) in [4.78, 5) is 10.1. The van der Waals surface area contributed by atoms with Gasteiger partial charge in [0, 0.05) is 16.8 Å². The first-order valence-corrected chi connectivity index (χ1v) is 9.53. The average Bonchev–Trinajstić information content (AvgIpc) is 2.61. The Hall–Kier alpha value is -2.07. The van der Waals surface area contributed by atoms with Crippen LogP contribution in [0, 0.1) is 5.92 Å². The van der Waals surface area contributed by atoms with Crippen molar-refractivity contribution < 1.29 is 0 Å². The Bertz CT molecular complexity index is 830. The van der Waals surface area contributed by atoms with Crippen molar-refractivity contribution in [2.75, 3.05) is 18.1 Å². The first kappa shape index (κ1) is 16.8. The van der Waals surface area contributed by atoms with E-state index in [1.165, 1.54) is 16.0 Å². The molecule has 2 aromatic carbocycles. The molecule has 0 fully saturated rings. The molecular weight excluding hydrogens is 314 g/mol. The molecule has 0 amide bonds. The summed E-state index contributed by atoms with van der Waals surface area (Å²) in [6.45, 7) is 5.39. The third-order valence-corrected chi connectivity index (χ3v) is 4.86. The lowest BCUT2D eigenvalue weighted by atomic mass is 10.0. The summed E-state index contributed by atoms with van der Waals surface area (Å²) in [5.74, 6) is 1.60. The minimum absolute atomic E-state index is 0.676. The molecule has 3 aromatic rings. The minimum Gasteiger partial charge on any atom is -0.369 e. The molecule has 0 spiro atoms. The monoisotopic (exact) mass is 337 g/mol. The fourth-order valence-electron chi connectivity index (χ4n) is 2.73. The van der Waals surface area contributed by atoms with E-state index < -0.39 is 0 Å². The summed E-state index contributed by atoms with van der Waals surface area (Å²) in [6, 6.07) is 14.9. The first-order chi connectivity index (χ1) is 11.7. The summed E-state index contributed by atoms with van der Waals surface area (Å²) in [7, 11) is 0. The van der Waals surface area contributed by atoms with Gasteiger partial charge >= 0.3 is 0 Å². The van der Waals surface area contributed by atoms with Gasteiger partial charge in [0.2, 0.25) is 0 Å². The molecule has 0 radical (unpaired) electrons. The Kier molecular flexibility index (Phi) is 5.36. The van der Waals surface area contributed by atoms with Gasteiger partial charge in [-0.15, -0.1) is 11.8 Å². The molecule has 3 nitrogen and oxygen atoms in total. The largest absolute Gasteiger partial charge is 0.369 e. The van der Waals surface area contributed by atoms with Crippen LogP contribution in [0.15, 0.2) is 53.7 Å². The van der Waals surface area contributed by atoms with Crippen molar-refractivity contribution in [1.82, 2.24) is 9.97 Å². The number of aromatic nitrogens is 2. The summed E-state index contributed by atoms with van der Waals surface area (Å²) in [5.41, 5.74) is 3.43. The minimum atomic E-state index is 0.676. The zero-order chi connectivity index (χ0) is 16.9. The van der Waals surface area contributed by atoms with Crippen molar-refractivity contribution in [2.45, 2.75) is 25.2 Å². The molecule has 0 saturated carbocycles. The molecule has 24 heavy (non-hydrogen) atoms. The second-order valence-corrected chi connectivity index (χ2v) is 7.11. The molecule has 1 aromatic heterocycles. The highest BCUT2D eigenvalue weighted by atomic mass is 32.2. The van der Waals surface area contributed by atoms with Gasteiger partial charge in [-0.1, -0.05) is 38.1 Å². The summed E-state index contributed by atoms with van der Waals surface area (Å²) < 4.78 is 0. The molecule has 0 unspecified atom stereocenters. The van der Waals surface area contributed by atoms with Gasteiger partial charge in [-0.25, -0.2) is 9.97 Å². The maximum atomic E-state index is 4.45. The quantitative estimate of drug-likeness (QED) is 0.605. The van der Waals surface area contributed by atoms with E-state index in [2.05, 4.69) is 77.9 Å². The zero-order valence-electron chi connectivity index (χ0n) is 14.4. The van der Waals surface area contributed by atoms with E-state index in [9.17, 15) is 0 Å². The van der Waals surface area contributed by atoms with E-state index in [1.807, 2.05) is 0 Å². The Morgan fingerprint density at radius 3 is 2.71 bits per heavy atom. The van der Waals surface area contributed by atoms with Crippen LogP contribution in [0.2, 0.25) is 0 Å². The summed E-state index contributed by atoms with van der Waals surface area (Å²) in [5, 5.41) is 4.55. The molecule has 0 saturated heterocycles. The van der Waals surface area contributed by atoms with Crippen molar-refractivity contribution in [3.05, 3.63) is 48.8 Å². The van der Waals surface area contributed by atoms with Gasteiger partial charge in [-0.05, 0) is 47.9 Å². The van der Waals surface area contributed by atoms with Crippen LogP contribution in [-0.2, 0) is 0 Å². The molecule has 0 aliphatic carbocycles. The number of nitrogens with one attached hydrogen (secondary N) is 1. The van der Waals surface area contributed by atoms with Gasteiger partial charge in [-0.2, -0.15) is 0 Å². The van der Waals surface area contributed by atoms with E-state index in [4.69, 9.17) is 0 Å². The number of nitrogens with zero attached hydrogens (tertiary/aromatic N) is 2. The Labute approximate surface area is 147 Å². The van der Waals surface area contributed by atoms with Crippen LogP contribution < -0.4 is 5.32 Å². The van der Waals surface area contributed by atoms with Crippen molar-refractivity contribution in [3.8, 4) is 11.1 Å². The van der Waals surface area contributed by atoms with Crippen molar-refractivity contribution >= 4 is 28.5 Å². The second kappa shape index (κ2) is 7.67. The Balaban J connectivity index is 2.00. The van der Waals surface area contributed by atoms with Crippen LogP contribution in [0.5, 0.6) is 0 Å². The van der Waals surface area contributed by atoms with Gasteiger partial charge in [0.15, 0.2) is 0 Å². The maximum Gasteiger partial charge on any atom is 0.137 e. The molecule has 0 aliphatic rings. The highest BCUT2D eigenvalue weighted by Crippen LogP contribution is 2.32. The van der Waals surface area contributed by atoms with Crippen LogP contribution in [0.1, 0.15) is 20.3 Å². The molecule has 1 N–H and O–H groups in total. The predicted octanol–water partition coefficient (Wildman–Crippen LogP) is 5.48. The average molecular weight is 337 g/mol. The van der Waals surface area contributed by atoms with Crippen molar-refractivity contribution in [1.29, 1.82) is 0 Å². The van der Waals surface area contributed by atoms with Crippen LogP contribution in [-0.4, -0.2) is 22.8 Å². The van der Waals surface area contributed by atoms with Gasteiger partial charge in [0.05, 0.1) is 5.52 Å². The van der Waals surface area contributed by atoms with Crippen LogP contribution in [0.3, 0.4) is 0 Å². The number of rotatable bonds is 6. The standard InChI is InChI=1S/C20H23N3S/c1-14(2)10-11-21-20-17-12-15(8-9-18(17)22-13-23-20)16-6-4-5-7-19(16)24-3/h4-9,12-14H,10-11H2,1-3H3,(H,21,22,23). The number of fused-ring (bicyclic) bond motifs is 1. The van der Waals surface area contributed by atoms with E-state index in [0.29, 0.717) is 5.92 Å². The van der Waals surface area contributed by atoms with Gasteiger partial charge in [0.25, 0.3) is 0 Å². The molecule has 0 bridgehead atoms. The normalized spacial score (nSPS) is 11.2. The van der Waals surface area contributed by atoms with Crippen LogP contribution >= 0.6 is 11.8 Å². The molecule has 0 atom stereocenters. The lowest BCUT2D eigenvalue weighted by molar-refractivity contribution is 0.607. The first-order valence-electron chi connectivity index (χ1n) is 8.31. The Morgan fingerprint density at radius 2 is 1.92 bits per heavy atom. The van der Waals surface area contributed by atoms with E-state index in [1.54, 1.807) is 18.1 Å². The fourth-order valence-corrected chi connectivity index (χ4v) is 3.35. The third kappa shape index (κ3) is 3.70. The Morgan fingerprint density at radius 1 is 1.08 bits per heavy atom. The molecule has 3 rings (SSSR count). The number of hydrogen-bond acceptors (Lipinski definition) is 4. The van der Waals surface area contributed by atoms with Crippen molar-refractivity contribution in [3.63, 3.8) is 0 Å². The van der Waals surface area contributed by atoms with E-state index >= 15 is 0 Å². The highest BCUT2D eigenvalue weighted by molar-refractivity contribution is 7.98. The molecule has 1 heterocycles. The van der Waals surface area contributed by atoms with Gasteiger partial charge < -0.3 is 5.32 Å². The third-order valence-electron chi connectivity index (χ3n) is 4.07. The molecule has 0 aliphatic heterocycles. The summed E-state index contributed by atoms with van der Waals surface area (Å²) >= 11 is 1.77. The highest BCUT2D eigenvalue weighted by Gasteiger charge is 2.08. The summed E-state index contributed by atoms with van der Waals surface area (Å²) in [6.07, 6.45) is 4.87.